The minimum Gasteiger partial charge on any atom is -0.753 e. The molecule has 0 atom stereocenters. The van der Waals surface area contributed by atoms with E-state index in [-0.39, 0.29) is 0 Å². The van der Waals surface area contributed by atoms with E-state index >= 15 is 0 Å². The number of hydrogen-bond acceptors (Lipinski definition) is 5. The molecule has 0 amide bonds. The molecule has 0 saturated carbocycles. The summed E-state index contributed by atoms with van der Waals surface area (Å²) in [5, 5.41) is 8.94. The molecule has 7 heavy (non-hydrogen) atoms. The minimum atomic E-state index is -5.52. The highest BCUT2D eigenvalue weighted by Gasteiger charge is 1.99. The van der Waals surface area contributed by atoms with Crippen molar-refractivity contribution < 1.29 is 19.0 Å². The van der Waals surface area contributed by atoms with Crippen LogP contribution in [0.5, 0.6) is 0 Å². The summed E-state index contributed by atoms with van der Waals surface area (Å²) in [6.07, 6.45) is 0. The van der Waals surface area contributed by atoms with E-state index in [4.69, 9.17) is 24.5 Å². The Morgan fingerprint density at radius 3 is 1.57 bits per heavy atom. The maximum absolute atomic E-state index is 9.10. The lowest BCUT2D eigenvalue weighted by Gasteiger charge is -2.15. The smallest absolute Gasteiger partial charge is 0.264 e. The van der Waals surface area contributed by atoms with Gasteiger partial charge in [-0.05, 0) is 0 Å². The van der Waals surface area contributed by atoms with Crippen LogP contribution in [0.15, 0.2) is 0 Å². The van der Waals surface area contributed by atoms with Crippen molar-refractivity contribution in [2.75, 3.05) is 0 Å². The predicted octanol–water partition coefficient (Wildman–Crippen LogP) is -1.91. The normalized spacial score (nSPS) is 11.1. The van der Waals surface area contributed by atoms with Crippen LogP contribution in [0, 0.1) is 10.1 Å². The summed E-state index contributed by atoms with van der Waals surface area (Å²) >= 11 is 0. The summed E-state index contributed by atoms with van der Waals surface area (Å²) < 4.78 is 7.24. The molecule has 0 spiro atoms. The van der Waals surface area contributed by atoms with Crippen molar-refractivity contribution >= 4 is 7.75 Å². The van der Waals surface area contributed by atoms with E-state index in [0.717, 1.165) is 0 Å². The first-order chi connectivity index (χ1) is 2.94. The Kier molecular flexibility index (Phi) is 1.47. The van der Waals surface area contributed by atoms with Crippen LogP contribution >= 0.6 is 7.75 Å². The van der Waals surface area contributed by atoms with Gasteiger partial charge in [-0.3, -0.25) is 14.7 Å². The highest BCUT2D eigenvalue weighted by atomic mass is 31.2. The van der Waals surface area contributed by atoms with Gasteiger partial charge in [0, 0.05) is 4.69 Å². The van der Waals surface area contributed by atoms with E-state index < -0.39 is 12.4 Å². The summed E-state index contributed by atoms with van der Waals surface area (Å²) in [5.74, 6) is 0. The fraction of sp³-hybridized carbons (Fsp3) is 0. The quantitative estimate of drug-likeness (QED) is 0.231. The van der Waals surface area contributed by atoms with Gasteiger partial charge in [0.05, 0.1) is 0 Å². The topological polar surface area (TPSA) is 106 Å². The van der Waals surface area contributed by atoms with Crippen molar-refractivity contribution in [1.82, 2.24) is 0 Å². The molecule has 42 valence electrons. The monoisotopic (exact) mass is 125 g/mol. The molecule has 6 nitrogen and oxygen atoms in total. The van der Waals surface area contributed by atoms with Crippen LogP contribution in [0.4, 0.5) is 0 Å². The molecule has 7 heteroatoms. The Balaban J connectivity index is 4.09. The molecule has 0 fully saturated rings. The average molecular weight is 125 g/mol. The van der Waals surface area contributed by atoms with Gasteiger partial charge < -0.3 is 9.79 Å². The van der Waals surface area contributed by atoms with E-state index in [1.54, 1.807) is 0 Å². The molecule has 0 bridgehead atoms. The summed E-state index contributed by atoms with van der Waals surface area (Å²) in [7, 11) is -5.52. The Morgan fingerprint density at radius 2 is 1.57 bits per heavy atom. The zero-order valence-corrected chi connectivity index (χ0v) is 3.83. The highest BCUT2D eigenvalue weighted by molar-refractivity contribution is 7.41. The number of nitro groups is 1. The van der Waals surface area contributed by atoms with Crippen LogP contribution in [0.25, 0.3) is 0 Å². The van der Waals surface area contributed by atoms with Crippen molar-refractivity contribution in [3.8, 4) is 0 Å². The van der Waals surface area contributed by atoms with Gasteiger partial charge in [-0.15, -0.1) is 0 Å². The second kappa shape index (κ2) is 1.57. The maximum atomic E-state index is 9.10. The van der Waals surface area contributed by atoms with Crippen LogP contribution in [0.2, 0.25) is 0 Å². The van der Waals surface area contributed by atoms with Crippen LogP contribution in [-0.2, 0) is 4.57 Å². The minimum absolute atomic E-state index is 1.87. The van der Waals surface area contributed by atoms with E-state index in [1.165, 1.54) is 0 Å². The zero-order valence-electron chi connectivity index (χ0n) is 2.94. The van der Waals surface area contributed by atoms with Gasteiger partial charge in [-0.1, -0.05) is 0 Å². The molecule has 0 aliphatic rings. The van der Waals surface area contributed by atoms with Crippen molar-refractivity contribution in [3.05, 3.63) is 10.1 Å². The van der Waals surface area contributed by atoms with Gasteiger partial charge >= 0.3 is 0 Å². The van der Waals surface area contributed by atoms with Gasteiger partial charge in [0.15, 0.2) is 0 Å². The highest BCUT2D eigenvalue weighted by Crippen LogP contribution is 2.21. The molecule has 0 rings (SSSR count). The largest absolute Gasteiger partial charge is 0.753 e. The molecule has 0 aliphatic heterocycles. The molecule has 0 aliphatic carbocycles. The molecule has 0 N–H and O–H groups in total. The Hall–Kier alpha value is -0.450. The first-order valence-electron chi connectivity index (χ1n) is 1.11. The SMILES string of the molecule is O=[N+]([O-])P(=O)([O-])[O-]. The molecule has 0 heterocycles. The first kappa shape index (κ1) is 6.55. The number of hydrogen-bond donors (Lipinski definition) is 0. The van der Waals surface area contributed by atoms with Crippen LogP contribution < -0.4 is 9.79 Å². The molecular formula is NO5P-2. The Morgan fingerprint density at radius 1 is 1.43 bits per heavy atom. The van der Waals surface area contributed by atoms with Gasteiger partial charge in [0.25, 0.3) is 7.75 Å². The third-order valence-corrected chi connectivity index (χ3v) is 0.600. The molecule has 0 aromatic rings. The van der Waals surface area contributed by atoms with Crippen molar-refractivity contribution in [2.45, 2.75) is 0 Å². The fourth-order valence-corrected chi connectivity index (χ4v) is 0. The molecule has 0 unspecified atom stereocenters. The first-order valence-corrected chi connectivity index (χ1v) is 2.61. The van der Waals surface area contributed by atoms with Gasteiger partial charge in [0.1, 0.15) is 0 Å². The van der Waals surface area contributed by atoms with Crippen LogP contribution in [0.1, 0.15) is 0 Å². The summed E-state index contributed by atoms with van der Waals surface area (Å²) in [5.41, 5.74) is 0. The zero-order chi connectivity index (χ0) is 6.08. The number of rotatable bonds is 1. The standard InChI is InChI=1S/H2NO5P/c2-1(3)7(4,5)6/h(H2,4,5,6)/p-2. The lowest BCUT2D eigenvalue weighted by atomic mass is 13.4. The van der Waals surface area contributed by atoms with Crippen molar-refractivity contribution in [1.29, 1.82) is 0 Å². The summed E-state index contributed by atoms with van der Waals surface area (Å²) in [6.45, 7) is 0. The molecule has 0 aromatic carbocycles. The third-order valence-electron chi connectivity index (χ3n) is 0.200. The second-order valence-electron chi connectivity index (χ2n) is 0.706. The summed E-state index contributed by atoms with van der Waals surface area (Å²) in [4.78, 5) is 27.1. The van der Waals surface area contributed by atoms with Gasteiger partial charge in [0.2, 0.25) is 0 Å². The van der Waals surface area contributed by atoms with E-state index in [2.05, 4.69) is 0 Å². The van der Waals surface area contributed by atoms with Gasteiger partial charge in [-0.25, -0.2) is 0 Å². The molecule has 0 aromatic heterocycles. The summed E-state index contributed by atoms with van der Waals surface area (Å²) in [6, 6.07) is 0. The van der Waals surface area contributed by atoms with Crippen LogP contribution in [0.3, 0.4) is 0 Å². The number of nitrogens with zero attached hydrogens (tertiary/aromatic N) is 1. The average Bonchev–Trinajstić information content (AvgIpc) is 1.31. The Bertz CT molecular complexity index is 120. The lowest BCUT2D eigenvalue weighted by molar-refractivity contribution is -0.481. The van der Waals surface area contributed by atoms with E-state index in [1.807, 2.05) is 0 Å². The molecule has 0 saturated heterocycles. The molecule has 0 radical (unpaired) electrons. The second-order valence-corrected chi connectivity index (χ2v) is 1.97. The fourth-order valence-electron chi connectivity index (χ4n) is 0. The lowest BCUT2D eigenvalue weighted by Crippen LogP contribution is -2.20. The van der Waals surface area contributed by atoms with Gasteiger partial charge in [-0.2, -0.15) is 0 Å². The Labute approximate surface area is 38.1 Å². The van der Waals surface area contributed by atoms with Crippen molar-refractivity contribution in [2.24, 2.45) is 0 Å². The van der Waals surface area contributed by atoms with E-state index in [0.29, 0.717) is 0 Å². The van der Waals surface area contributed by atoms with E-state index in [9.17, 15) is 0 Å². The maximum Gasteiger partial charge on any atom is 0.264 e. The van der Waals surface area contributed by atoms with Crippen molar-refractivity contribution in [3.63, 3.8) is 0 Å². The predicted molar refractivity (Wildman–Crippen MR) is 14.6 cm³/mol. The third kappa shape index (κ3) is 2.27. The molecular weight excluding hydrogens is 125 g/mol. The van der Waals surface area contributed by atoms with Crippen LogP contribution in [-0.4, -0.2) is 4.69 Å².